The van der Waals surface area contributed by atoms with Crippen molar-refractivity contribution in [3.8, 4) is 0 Å². The Kier molecular flexibility index (Phi) is 9.88. The molecule has 8 nitrogen and oxygen atoms in total. The summed E-state index contributed by atoms with van der Waals surface area (Å²) in [5.74, 6) is 0.0979. The molecule has 0 fully saturated rings. The third-order valence-corrected chi connectivity index (χ3v) is 7.97. The molecule has 1 heterocycles. The fraction of sp³-hybridized carbons (Fsp3) is 0.226. The fourth-order valence-corrected chi connectivity index (χ4v) is 5.44. The van der Waals surface area contributed by atoms with Crippen LogP contribution in [0.5, 0.6) is 0 Å². The molecule has 1 aromatic heterocycles. The van der Waals surface area contributed by atoms with Crippen LogP contribution in [0.25, 0.3) is 0 Å². The molecule has 208 valence electrons. The van der Waals surface area contributed by atoms with E-state index < -0.39 is 16.1 Å². The normalized spacial score (nSPS) is 12.0. The monoisotopic (exact) mass is 559 g/mol. The van der Waals surface area contributed by atoms with Crippen molar-refractivity contribution in [1.29, 1.82) is 0 Å². The van der Waals surface area contributed by atoms with E-state index in [9.17, 15) is 18.0 Å². The summed E-state index contributed by atoms with van der Waals surface area (Å²) in [6.45, 7) is 2.46. The lowest BCUT2D eigenvalue weighted by Gasteiger charge is -2.31. The molecule has 3 aromatic carbocycles. The summed E-state index contributed by atoms with van der Waals surface area (Å²) in [7, 11) is -3.56. The van der Waals surface area contributed by atoms with Gasteiger partial charge in [-0.05, 0) is 47.4 Å². The number of benzene rings is 3. The lowest BCUT2D eigenvalue weighted by atomic mass is 10.0. The number of hydrogen-bond acceptors (Lipinski definition) is 5. The third kappa shape index (κ3) is 7.68. The van der Waals surface area contributed by atoms with Crippen molar-refractivity contribution in [1.82, 2.24) is 14.9 Å². The van der Waals surface area contributed by atoms with Gasteiger partial charge in [0.05, 0.1) is 17.7 Å². The quantitative estimate of drug-likeness (QED) is 0.249. The van der Waals surface area contributed by atoms with Gasteiger partial charge >= 0.3 is 0 Å². The van der Waals surface area contributed by atoms with E-state index in [2.05, 4.69) is 10.0 Å². The molecule has 0 aliphatic rings. The predicted molar refractivity (Wildman–Crippen MR) is 152 cm³/mol. The van der Waals surface area contributed by atoms with Crippen LogP contribution in [0, 0.1) is 0 Å². The van der Waals surface area contributed by atoms with Crippen LogP contribution in [0.15, 0.2) is 113 Å². The first kappa shape index (κ1) is 28.8. The molecule has 0 radical (unpaired) electrons. The molecule has 4 rings (SSSR count). The highest BCUT2D eigenvalue weighted by molar-refractivity contribution is 7.89. The number of amides is 2. The molecule has 0 aliphatic carbocycles. The summed E-state index contributed by atoms with van der Waals surface area (Å²) in [6.07, 6.45) is 2.08. The van der Waals surface area contributed by atoms with Crippen LogP contribution in [0.4, 0.5) is 0 Å². The summed E-state index contributed by atoms with van der Waals surface area (Å²) in [6, 6.07) is 27.9. The van der Waals surface area contributed by atoms with Crippen LogP contribution < -0.4 is 10.0 Å². The molecular formula is C31H33N3O5S. The van der Waals surface area contributed by atoms with Gasteiger partial charge in [-0.1, -0.05) is 79.7 Å². The maximum atomic E-state index is 13.8. The molecule has 4 aromatic rings. The molecule has 2 amide bonds. The second-order valence-corrected chi connectivity index (χ2v) is 11.0. The standard InChI is InChI=1S/C31H33N3O5S/c1-2-33-40(37,38)28-18-15-24(16-19-28)17-20-29(35)34(23-25-10-5-3-6-11-25)30(26-12-7-4-8-13-26)31(36)32-22-27-14-9-21-39-27/h3-16,18-19,21,30,33H,2,17,20,22-23H2,1H3,(H,32,36). The zero-order chi connectivity index (χ0) is 28.4. The van der Waals surface area contributed by atoms with Crippen molar-refractivity contribution in [2.24, 2.45) is 0 Å². The molecule has 2 N–H and O–H groups in total. The Morgan fingerprint density at radius 3 is 2.15 bits per heavy atom. The average Bonchev–Trinajstić information content (AvgIpc) is 3.50. The Balaban J connectivity index is 1.57. The average molecular weight is 560 g/mol. The highest BCUT2D eigenvalue weighted by Crippen LogP contribution is 2.25. The molecule has 0 aliphatic heterocycles. The van der Waals surface area contributed by atoms with E-state index in [1.807, 2.05) is 60.7 Å². The number of nitrogens with zero attached hydrogens (tertiary/aromatic N) is 1. The van der Waals surface area contributed by atoms with Crippen LogP contribution in [-0.4, -0.2) is 31.7 Å². The number of carbonyl (C=O) groups excluding carboxylic acids is 2. The van der Waals surface area contributed by atoms with Gasteiger partial charge in [0.25, 0.3) is 0 Å². The van der Waals surface area contributed by atoms with E-state index in [0.29, 0.717) is 24.3 Å². The zero-order valence-electron chi connectivity index (χ0n) is 22.3. The number of carbonyl (C=O) groups is 2. The minimum absolute atomic E-state index is 0.140. The second-order valence-electron chi connectivity index (χ2n) is 9.26. The van der Waals surface area contributed by atoms with Gasteiger partial charge in [-0.3, -0.25) is 9.59 Å². The highest BCUT2D eigenvalue weighted by atomic mass is 32.2. The van der Waals surface area contributed by atoms with Crippen LogP contribution in [0.1, 0.15) is 41.8 Å². The molecule has 40 heavy (non-hydrogen) atoms. The Hall–Kier alpha value is -4.21. The Labute approximate surface area is 235 Å². The van der Waals surface area contributed by atoms with Gasteiger partial charge in [0.2, 0.25) is 21.8 Å². The maximum absolute atomic E-state index is 13.8. The van der Waals surface area contributed by atoms with E-state index >= 15 is 0 Å². The van der Waals surface area contributed by atoms with Crippen molar-refractivity contribution in [2.45, 2.75) is 43.8 Å². The Bertz CT molecular complexity index is 1470. The summed E-state index contributed by atoms with van der Waals surface area (Å²) >= 11 is 0. The van der Waals surface area contributed by atoms with Gasteiger partial charge in [0.15, 0.2) is 0 Å². The number of rotatable bonds is 13. The molecule has 1 atom stereocenters. The predicted octanol–water partition coefficient (Wildman–Crippen LogP) is 4.60. The van der Waals surface area contributed by atoms with Gasteiger partial charge in [0, 0.05) is 19.5 Å². The molecule has 9 heteroatoms. The van der Waals surface area contributed by atoms with E-state index in [0.717, 1.165) is 11.1 Å². The number of aryl methyl sites for hydroxylation is 1. The minimum Gasteiger partial charge on any atom is -0.467 e. The van der Waals surface area contributed by atoms with E-state index in [-0.39, 0.29) is 36.2 Å². The van der Waals surface area contributed by atoms with Crippen LogP contribution in [0.3, 0.4) is 0 Å². The van der Waals surface area contributed by atoms with Gasteiger partial charge in [0.1, 0.15) is 11.8 Å². The maximum Gasteiger partial charge on any atom is 0.247 e. The number of sulfonamides is 1. The van der Waals surface area contributed by atoms with Crippen LogP contribution in [0.2, 0.25) is 0 Å². The summed E-state index contributed by atoms with van der Waals surface area (Å²) in [4.78, 5) is 29.2. The molecule has 0 bridgehead atoms. The Morgan fingerprint density at radius 1 is 0.850 bits per heavy atom. The van der Waals surface area contributed by atoms with Crippen molar-refractivity contribution in [3.63, 3.8) is 0 Å². The molecule has 0 saturated carbocycles. The lowest BCUT2D eigenvalue weighted by Crippen LogP contribution is -2.43. The van der Waals surface area contributed by atoms with Gasteiger partial charge in [-0.2, -0.15) is 0 Å². The smallest absolute Gasteiger partial charge is 0.247 e. The summed E-state index contributed by atoms with van der Waals surface area (Å²) in [5.41, 5.74) is 2.41. The number of nitrogens with one attached hydrogen (secondary N) is 2. The van der Waals surface area contributed by atoms with Gasteiger partial charge in [-0.15, -0.1) is 0 Å². The SMILES string of the molecule is CCNS(=O)(=O)c1ccc(CCC(=O)N(Cc2ccccc2)C(C(=O)NCc2ccco2)c2ccccc2)cc1. The summed E-state index contributed by atoms with van der Waals surface area (Å²) in [5, 5.41) is 2.92. The first-order chi connectivity index (χ1) is 19.4. The minimum atomic E-state index is -3.56. The first-order valence-corrected chi connectivity index (χ1v) is 14.6. The van der Waals surface area contributed by atoms with Crippen molar-refractivity contribution in [3.05, 3.63) is 126 Å². The second kappa shape index (κ2) is 13.7. The molecule has 0 spiro atoms. The topological polar surface area (TPSA) is 109 Å². The largest absolute Gasteiger partial charge is 0.467 e. The number of hydrogen-bond donors (Lipinski definition) is 2. The highest BCUT2D eigenvalue weighted by Gasteiger charge is 2.31. The van der Waals surface area contributed by atoms with Crippen molar-refractivity contribution >= 4 is 21.8 Å². The first-order valence-electron chi connectivity index (χ1n) is 13.1. The van der Waals surface area contributed by atoms with Crippen LogP contribution in [-0.2, 0) is 39.1 Å². The number of furan rings is 1. The van der Waals surface area contributed by atoms with Crippen molar-refractivity contribution < 1.29 is 22.4 Å². The van der Waals surface area contributed by atoms with Crippen molar-refractivity contribution in [2.75, 3.05) is 6.54 Å². The van der Waals surface area contributed by atoms with Gasteiger partial charge < -0.3 is 14.6 Å². The van der Waals surface area contributed by atoms with E-state index in [1.165, 1.54) is 12.1 Å². The van der Waals surface area contributed by atoms with Crippen LogP contribution >= 0.6 is 0 Å². The van der Waals surface area contributed by atoms with Gasteiger partial charge in [-0.25, -0.2) is 13.1 Å². The third-order valence-electron chi connectivity index (χ3n) is 6.40. The summed E-state index contributed by atoms with van der Waals surface area (Å²) < 4.78 is 32.4. The molecule has 1 unspecified atom stereocenters. The molecular weight excluding hydrogens is 526 g/mol. The van der Waals surface area contributed by atoms with E-state index in [1.54, 1.807) is 42.4 Å². The zero-order valence-corrected chi connectivity index (χ0v) is 23.1. The molecule has 0 saturated heterocycles. The fourth-order valence-electron chi connectivity index (χ4n) is 4.40. The van der Waals surface area contributed by atoms with E-state index in [4.69, 9.17) is 4.42 Å². The lowest BCUT2D eigenvalue weighted by molar-refractivity contribution is -0.141. The Morgan fingerprint density at radius 2 is 1.52 bits per heavy atom.